The van der Waals surface area contributed by atoms with Gasteiger partial charge in [-0.15, -0.1) is 0 Å². The van der Waals surface area contributed by atoms with Crippen LogP contribution in [0.3, 0.4) is 0 Å². The van der Waals surface area contributed by atoms with Gasteiger partial charge in [-0.05, 0) is 18.3 Å². The molecule has 2 fully saturated rings. The summed E-state index contributed by atoms with van der Waals surface area (Å²) in [7, 11) is 0. The predicted molar refractivity (Wildman–Crippen MR) is 74.7 cm³/mol. The molecule has 5 nitrogen and oxygen atoms in total. The summed E-state index contributed by atoms with van der Waals surface area (Å²) in [6.07, 6.45) is 7.59. The zero-order valence-corrected chi connectivity index (χ0v) is 12.2. The SMILES string of the molecule is CC1(CNC(=O)CC2CC(=O)NC2=O)CCCCCC1. The number of hydrogen-bond donors (Lipinski definition) is 2. The first kappa shape index (κ1) is 15.0. The van der Waals surface area contributed by atoms with Crippen LogP contribution in [0.4, 0.5) is 0 Å². The topological polar surface area (TPSA) is 75.3 Å². The Morgan fingerprint density at radius 2 is 1.90 bits per heavy atom. The van der Waals surface area contributed by atoms with Crippen molar-refractivity contribution < 1.29 is 14.4 Å². The van der Waals surface area contributed by atoms with Crippen LogP contribution in [0.25, 0.3) is 0 Å². The minimum atomic E-state index is -0.482. The fraction of sp³-hybridized carbons (Fsp3) is 0.800. The molecule has 0 aromatic carbocycles. The van der Waals surface area contributed by atoms with Gasteiger partial charge in [0.15, 0.2) is 0 Å². The van der Waals surface area contributed by atoms with Gasteiger partial charge >= 0.3 is 0 Å². The lowest BCUT2D eigenvalue weighted by molar-refractivity contribution is -0.129. The average molecular weight is 280 g/mol. The summed E-state index contributed by atoms with van der Waals surface area (Å²) in [6.45, 7) is 2.90. The van der Waals surface area contributed by atoms with E-state index in [0.717, 1.165) is 12.8 Å². The van der Waals surface area contributed by atoms with Gasteiger partial charge in [0.1, 0.15) is 0 Å². The highest BCUT2D eigenvalue weighted by Gasteiger charge is 2.33. The Balaban J connectivity index is 1.77. The number of amides is 3. The normalized spacial score (nSPS) is 25.9. The predicted octanol–water partition coefficient (Wildman–Crippen LogP) is 1.52. The fourth-order valence-electron chi connectivity index (χ4n) is 3.14. The van der Waals surface area contributed by atoms with Crippen molar-refractivity contribution in [1.29, 1.82) is 0 Å². The maximum atomic E-state index is 11.9. The third-order valence-electron chi connectivity index (χ3n) is 4.52. The molecule has 1 aliphatic heterocycles. The molecule has 112 valence electrons. The van der Waals surface area contributed by atoms with Crippen molar-refractivity contribution in [2.45, 2.75) is 58.3 Å². The molecule has 2 N–H and O–H groups in total. The summed E-state index contributed by atoms with van der Waals surface area (Å²) in [5.41, 5.74) is 0.180. The van der Waals surface area contributed by atoms with Crippen molar-refractivity contribution in [3.05, 3.63) is 0 Å². The molecule has 3 amide bonds. The molecule has 20 heavy (non-hydrogen) atoms. The zero-order chi connectivity index (χ0) is 14.6. The summed E-state index contributed by atoms with van der Waals surface area (Å²) >= 11 is 0. The number of imide groups is 1. The molecule has 1 atom stereocenters. The smallest absolute Gasteiger partial charge is 0.230 e. The molecule has 5 heteroatoms. The molecular weight excluding hydrogens is 256 g/mol. The Morgan fingerprint density at radius 3 is 2.45 bits per heavy atom. The van der Waals surface area contributed by atoms with Crippen molar-refractivity contribution in [3.63, 3.8) is 0 Å². The van der Waals surface area contributed by atoms with Crippen LogP contribution in [0.15, 0.2) is 0 Å². The summed E-state index contributed by atoms with van der Waals surface area (Å²) in [6, 6.07) is 0. The van der Waals surface area contributed by atoms with E-state index in [1.165, 1.54) is 25.7 Å². The van der Waals surface area contributed by atoms with E-state index in [-0.39, 0.29) is 36.0 Å². The van der Waals surface area contributed by atoms with E-state index < -0.39 is 5.92 Å². The van der Waals surface area contributed by atoms with E-state index in [1.54, 1.807) is 0 Å². The van der Waals surface area contributed by atoms with Gasteiger partial charge in [-0.25, -0.2) is 0 Å². The molecule has 0 aromatic rings. The molecule has 2 rings (SSSR count). The third-order valence-corrected chi connectivity index (χ3v) is 4.52. The first-order chi connectivity index (χ1) is 9.48. The van der Waals surface area contributed by atoms with Crippen LogP contribution in [0.1, 0.15) is 58.3 Å². The summed E-state index contributed by atoms with van der Waals surface area (Å²) in [5.74, 6) is -1.19. The van der Waals surface area contributed by atoms with Gasteiger partial charge in [-0.1, -0.05) is 32.6 Å². The zero-order valence-electron chi connectivity index (χ0n) is 12.2. The largest absolute Gasteiger partial charge is 0.356 e. The van der Waals surface area contributed by atoms with Gasteiger partial charge < -0.3 is 5.32 Å². The molecular formula is C15H24N2O3. The number of rotatable bonds is 4. The van der Waals surface area contributed by atoms with Gasteiger partial charge in [0, 0.05) is 19.4 Å². The summed E-state index contributed by atoms with van der Waals surface area (Å²) in [5, 5.41) is 5.19. The highest BCUT2D eigenvalue weighted by atomic mass is 16.2. The van der Waals surface area contributed by atoms with Crippen molar-refractivity contribution in [1.82, 2.24) is 10.6 Å². The standard InChI is InChI=1S/C15H24N2O3/c1-15(6-4-2-3-5-7-15)10-16-12(18)8-11-9-13(19)17-14(11)20/h11H,2-10H2,1H3,(H,16,18)(H,17,19,20). The highest BCUT2D eigenvalue weighted by Crippen LogP contribution is 2.33. The third kappa shape index (κ3) is 4.05. The number of nitrogens with one attached hydrogen (secondary N) is 2. The van der Waals surface area contributed by atoms with Crippen LogP contribution >= 0.6 is 0 Å². The highest BCUT2D eigenvalue weighted by molar-refractivity contribution is 6.04. The molecule has 0 radical (unpaired) electrons. The molecule has 1 saturated carbocycles. The van der Waals surface area contributed by atoms with Gasteiger partial charge in [0.05, 0.1) is 5.92 Å². The fourth-order valence-corrected chi connectivity index (χ4v) is 3.14. The minimum absolute atomic E-state index is 0.119. The monoisotopic (exact) mass is 280 g/mol. The second kappa shape index (κ2) is 6.37. The molecule has 1 heterocycles. The summed E-state index contributed by atoms with van der Waals surface area (Å²) in [4.78, 5) is 34.4. The molecule has 2 aliphatic rings. The van der Waals surface area contributed by atoms with Crippen LogP contribution in [0, 0.1) is 11.3 Å². The van der Waals surface area contributed by atoms with Gasteiger partial charge in [0.25, 0.3) is 0 Å². The lowest BCUT2D eigenvalue weighted by Gasteiger charge is -2.28. The van der Waals surface area contributed by atoms with Crippen LogP contribution in [0.2, 0.25) is 0 Å². The maximum absolute atomic E-state index is 11.9. The molecule has 0 aromatic heterocycles. The Labute approximate surface area is 119 Å². The lowest BCUT2D eigenvalue weighted by atomic mass is 9.82. The van der Waals surface area contributed by atoms with Crippen LogP contribution < -0.4 is 10.6 Å². The second-order valence-electron chi connectivity index (χ2n) is 6.52. The Morgan fingerprint density at radius 1 is 1.25 bits per heavy atom. The van der Waals surface area contributed by atoms with E-state index in [0.29, 0.717) is 6.54 Å². The van der Waals surface area contributed by atoms with Crippen LogP contribution in [-0.2, 0) is 14.4 Å². The number of carbonyl (C=O) groups excluding carboxylic acids is 3. The van der Waals surface area contributed by atoms with Crippen LogP contribution in [-0.4, -0.2) is 24.3 Å². The Hall–Kier alpha value is -1.39. The van der Waals surface area contributed by atoms with Gasteiger partial charge in [0.2, 0.25) is 17.7 Å². The maximum Gasteiger partial charge on any atom is 0.230 e. The van der Waals surface area contributed by atoms with Crippen molar-refractivity contribution in [2.24, 2.45) is 11.3 Å². The first-order valence-electron chi connectivity index (χ1n) is 7.59. The molecule has 1 unspecified atom stereocenters. The van der Waals surface area contributed by atoms with Crippen LogP contribution in [0.5, 0.6) is 0 Å². The van der Waals surface area contributed by atoms with E-state index in [2.05, 4.69) is 17.6 Å². The van der Waals surface area contributed by atoms with E-state index in [4.69, 9.17) is 0 Å². The van der Waals surface area contributed by atoms with Gasteiger partial charge in [-0.3, -0.25) is 19.7 Å². The Bertz CT molecular complexity index is 398. The van der Waals surface area contributed by atoms with Crippen molar-refractivity contribution in [2.75, 3.05) is 6.54 Å². The molecule has 0 spiro atoms. The second-order valence-corrected chi connectivity index (χ2v) is 6.52. The van der Waals surface area contributed by atoms with E-state index in [9.17, 15) is 14.4 Å². The van der Waals surface area contributed by atoms with Gasteiger partial charge in [-0.2, -0.15) is 0 Å². The van der Waals surface area contributed by atoms with E-state index in [1.807, 2.05) is 0 Å². The average Bonchev–Trinajstić information content (AvgIpc) is 2.59. The molecule has 1 aliphatic carbocycles. The lowest BCUT2D eigenvalue weighted by Crippen LogP contribution is -2.37. The summed E-state index contributed by atoms with van der Waals surface area (Å²) < 4.78 is 0. The Kier molecular flexibility index (Phi) is 4.78. The number of hydrogen-bond acceptors (Lipinski definition) is 3. The van der Waals surface area contributed by atoms with E-state index >= 15 is 0 Å². The minimum Gasteiger partial charge on any atom is -0.356 e. The first-order valence-corrected chi connectivity index (χ1v) is 7.59. The molecule has 1 saturated heterocycles. The number of carbonyl (C=O) groups is 3. The van der Waals surface area contributed by atoms with Crippen molar-refractivity contribution >= 4 is 17.7 Å². The molecule has 0 bridgehead atoms. The van der Waals surface area contributed by atoms with Crippen molar-refractivity contribution in [3.8, 4) is 0 Å². The quantitative estimate of drug-likeness (QED) is 0.605.